The molecule has 7 heteroatoms. The number of hydrogen-bond acceptors (Lipinski definition) is 6. The smallest absolute Gasteiger partial charge is 0.130 e. The molecule has 2 aliphatic rings. The first-order valence-corrected chi connectivity index (χ1v) is 11.5. The highest BCUT2D eigenvalue weighted by Crippen LogP contribution is 2.36. The summed E-state index contributed by atoms with van der Waals surface area (Å²) in [6.07, 6.45) is 5.90. The number of aromatic hydroxyl groups is 1. The third kappa shape index (κ3) is 3.46. The predicted octanol–water partition coefficient (Wildman–Crippen LogP) is 3.78. The first kappa shape index (κ1) is 19.5. The maximum Gasteiger partial charge on any atom is 0.130 e. The number of aryl methyl sites for hydroxylation is 2. The standard InChI is InChI=1S/C25H28N6O/c1-15-24-17(13-30(2)29-24)11-19(25(15)32)20-5-6-22-21(27-20)7-8-23(28-22)31-10-9-18(14-31)26-12-16-3-4-16/h5-8,11,13,16,18,26,32H,3-4,9-10,12,14H2,1-2H3/t18-/m1/s1. The van der Waals surface area contributed by atoms with Crippen LogP contribution >= 0.6 is 0 Å². The summed E-state index contributed by atoms with van der Waals surface area (Å²) in [5, 5.41) is 20.0. The summed E-state index contributed by atoms with van der Waals surface area (Å²) >= 11 is 0. The molecule has 7 nitrogen and oxygen atoms in total. The van der Waals surface area contributed by atoms with Crippen LogP contribution in [0.2, 0.25) is 0 Å². The molecule has 6 rings (SSSR count). The third-order valence-corrected chi connectivity index (χ3v) is 6.83. The molecule has 2 N–H and O–H groups in total. The fourth-order valence-electron chi connectivity index (χ4n) is 4.75. The summed E-state index contributed by atoms with van der Waals surface area (Å²) in [7, 11) is 1.89. The molecule has 1 saturated carbocycles. The van der Waals surface area contributed by atoms with E-state index in [0.717, 1.165) is 70.1 Å². The topological polar surface area (TPSA) is 79.1 Å². The molecule has 4 heterocycles. The Labute approximate surface area is 187 Å². The van der Waals surface area contributed by atoms with Crippen LogP contribution in [0.15, 0.2) is 36.5 Å². The van der Waals surface area contributed by atoms with Gasteiger partial charge in [0, 0.05) is 48.9 Å². The van der Waals surface area contributed by atoms with E-state index in [1.807, 2.05) is 44.4 Å². The monoisotopic (exact) mass is 428 g/mol. The molecule has 0 radical (unpaired) electrons. The van der Waals surface area contributed by atoms with E-state index in [9.17, 15) is 5.11 Å². The highest BCUT2D eigenvalue weighted by molar-refractivity contribution is 5.91. The molecule has 164 valence electrons. The van der Waals surface area contributed by atoms with Gasteiger partial charge in [0.1, 0.15) is 11.6 Å². The van der Waals surface area contributed by atoms with Gasteiger partial charge in [-0.15, -0.1) is 0 Å². The number of phenolic OH excluding ortho intramolecular Hbond substituents is 1. The summed E-state index contributed by atoms with van der Waals surface area (Å²) in [6.45, 7) is 5.10. The van der Waals surface area contributed by atoms with Crippen molar-refractivity contribution < 1.29 is 5.11 Å². The number of nitrogens with zero attached hydrogens (tertiary/aromatic N) is 5. The Morgan fingerprint density at radius 3 is 2.75 bits per heavy atom. The van der Waals surface area contributed by atoms with Gasteiger partial charge in [0.2, 0.25) is 0 Å². The normalized spacial score (nSPS) is 18.8. The van der Waals surface area contributed by atoms with E-state index in [2.05, 4.69) is 21.4 Å². The van der Waals surface area contributed by atoms with E-state index >= 15 is 0 Å². The highest BCUT2D eigenvalue weighted by atomic mass is 16.3. The molecule has 0 amide bonds. The van der Waals surface area contributed by atoms with Crippen molar-refractivity contribution in [3.05, 3.63) is 42.1 Å². The highest BCUT2D eigenvalue weighted by Gasteiger charge is 2.27. The summed E-state index contributed by atoms with van der Waals surface area (Å²) in [5.74, 6) is 2.15. The molecule has 4 aromatic rings. The fourth-order valence-corrected chi connectivity index (χ4v) is 4.75. The van der Waals surface area contributed by atoms with E-state index < -0.39 is 0 Å². The van der Waals surface area contributed by atoms with Gasteiger partial charge >= 0.3 is 0 Å². The van der Waals surface area contributed by atoms with Crippen LogP contribution in [0.25, 0.3) is 33.2 Å². The second-order valence-corrected chi connectivity index (χ2v) is 9.33. The van der Waals surface area contributed by atoms with Crippen LogP contribution in [0.4, 0.5) is 5.82 Å². The minimum atomic E-state index is 0.231. The predicted molar refractivity (Wildman–Crippen MR) is 127 cm³/mol. The van der Waals surface area contributed by atoms with Gasteiger partial charge in [0.15, 0.2) is 0 Å². The summed E-state index contributed by atoms with van der Waals surface area (Å²) in [6, 6.07) is 10.6. The number of aromatic nitrogens is 4. The lowest BCUT2D eigenvalue weighted by Gasteiger charge is -2.18. The van der Waals surface area contributed by atoms with Crippen LogP contribution in [-0.2, 0) is 7.05 Å². The Hall–Kier alpha value is -3.19. The number of anilines is 1. The minimum absolute atomic E-state index is 0.231. The first-order chi connectivity index (χ1) is 15.5. The zero-order valence-corrected chi connectivity index (χ0v) is 18.5. The lowest BCUT2D eigenvalue weighted by atomic mass is 10.0. The number of rotatable bonds is 5. The van der Waals surface area contributed by atoms with Gasteiger partial charge in [-0.2, -0.15) is 5.10 Å². The fraction of sp³-hybridized carbons (Fsp3) is 0.400. The molecule has 3 aromatic heterocycles. The maximum absolute atomic E-state index is 10.8. The molecule has 0 bridgehead atoms. The maximum atomic E-state index is 10.8. The summed E-state index contributed by atoms with van der Waals surface area (Å²) in [5.41, 5.74) is 4.75. The Balaban J connectivity index is 1.28. The number of nitrogens with one attached hydrogen (secondary N) is 1. The second-order valence-electron chi connectivity index (χ2n) is 9.33. The number of pyridine rings is 2. The molecule has 1 aliphatic carbocycles. The molecule has 0 unspecified atom stereocenters. The number of fused-ring (bicyclic) bond motifs is 2. The minimum Gasteiger partial charge on any atom is -0.507 e. The van der Waals surface area contributed by atoms with E-state index in [1.54, 1.807) is 4.68 Å². The van der Waals surface area contributed by atoms with Crippen molar-refractivity contribution in [2.24, 2.45) is 13.0 Å². The van der Waals surface area contributed by atoms with Crippen LogP contribution in [0.1, 0.15) is 24.8 Å². The van der Waals surface area contributed by atoms with Crippen molar-refractivity contribution in [3.8, 4) is 17.0 Å². The Bertz CT molecular complexity index is 1330. The van der Waals surface area contributed by atoms with Gasteiger partial charge in [-0.1, -0.05) is 0 Å². The van der Waals surface area contributed by atoms with Gasteiger partial charge in [-0.3, -0.25) is 4.68 Å². The molecular formula is C25H28N6O. The number of benzene rings is 1. The average molecular weight is 429 g/mol. The van der Waals surface area contributed by atoms with Crippen LogP contribution < -0.4 is 10.2 Å². The summed E-state index contributed by atoms with van der Waals surface area (Å²) in [4.78, 5) is 12.1. The largest absolute Gasteiger partial charge is 0.507 e. The zero-order valence-electron chi connectivity index (χ0n) is 18.5. The molecule has 0 spiro atoms. The van der Waals surface area contributed by atoms with Crippen molar-refractivity contribution in [2.45, 2.75) is 32.2 Å². The van der Waals surface area contributed by atoms with Crippen molar-refractivity contribution in [3.63, 3.8) is 0 Å². The van der Waals surface area contributed by atoms with Crippen molar-refractivity contribution >= 4 is 27.8 Å². The third-order valence-electron chi connectivity index (χ3n) is 6.83. The van der Waals surface area contributed by atoms with Crippen molar-refractivity contribution in [2.75, 3.05) is 24.5 Å². The van der Waals surface area contributed by atoms with E-state index in [-0.39, 0.29) is 5.75 Å². The van der Waals surface area contributed by atoms with Gasteiger partial charge in [-0.05, 0) is 69.0 Å². The SMILES string of the molecule is Cc1c(O)c(-c2ccc3nc(N4CC[C@@H](NCC5CC5)C4)ccc3n2)cc2cn(C)nc12. The average Bonchev–Trinajstić information content (AvgIpc) is 3.37. The number of phenols is 1. The molecule has 1 aromatic carbocycles. The van der Waals surface area contributed by atoms with Gasteiger partial charge in [0.05, 0.1) is 22.2 Å². The van der Waals surface area contributed by atoms with Gasteiger partial charge < -0.3 is 15.3 Å². The summed E-state index contributed by atoms with van der Waals surface area (Å²) < 4.78 is 1.77. The molecule has 2 fully saturated rings. The van der Waals surface area contributed by atoms with E-state index in [0.29, 0.717) is 6.04 Å². The molecule has 32 heavy (non-hydrogen) atoms. The molecular weight excluding hydrogens is 400 g/mol. The van der Waals surface area contributed by atoms with Gasteiger partial charge in [-0.25, -0.2) is 9.97 Å². The number of hydrogen-bond donors (Lipinski definition) is 2. The molecule has 1 saturated heterocycles. The van der Waals surface area contributed by atoms with E-state index in [1.165, 1.54) is 19.3 Å². The molecule has 1 aliphatic heterocycles. The van der Waals surface area contributed by atoms with Crippen LogP contribution in [0.3, 0.4) is 0 Å². The van der Waals surface area contributed by atoms with Crippen molar-refractivity contribution in [1.29, 1.82) is 0 Å². The lowest BCUT2D eigenvalue weighted by molar-refractivity contribution is 0.474. The van der Waals surface area contributed by atoms with Crippen LogP contribution in [0, 0.1) is 12.8 Å². The van der Waals surface area contributed by atoms with Gasteiger partial charge in [0.25, 0.3) is 0 Å². The lowest BCUT2D eigenvalue weighted by Crippen LogP contribution is -2.34. The van der Waals surface area contributed by atoms with Crippen LogP contribution in [0.5, 0.6) is 5.75 Å². The Kier molecular flexibility index (Phi) is 4.54. The molecule has 1 atom stereocenters. The second kappa shape index (κ2) is 7.45. The van der Waals surface area contributed by atoms with Crippen molar-refractivity contribution in [1.82, 2.24) is 25.1 Å². The quantitative estimate of drug-likeness (QED) is 0.504. The Morgan fingerprint density at radius 1 is 1.09 bits per heavy atom. The first-order valence-electron chi connectivity index (χ1n) is 11.5. The van der Waals surface area contributed by atoms with E-state index in [4.69, 9.17) is 9.97 Å². The van der Waals surface area contributed by atoms with Crippen LogP contribution in [-0.4, -0.2) is 50.5 Å². The zero-order chi connectivity index (χ0) is 21.8. The Morgan fingerprint density at radius 2 is 1.91 bits per heavy atom.